The van der Waals surface area contributed by atoms with Gasteiger partial charge in [-0.3, -0.25) is 0 Å². The van der Waals surface area contributed by atoms with E-state index < -0.39 is 12.2 Å². The zero-order valence-electron chi connectivity index (χ0n) is 10.5. The topological polar surface area (TPSA) is 40.5 Å². The predicted octanol–water partition coefficient (Wildman–Crippen LogP) is 2.91. The van der Waals surface area contributed by atoms with Gasteiger partial charge >= 0.3 is 0 Å². The number of hydrogen-bond acceptors (Lipinski definition) is 2. The summed E-state index contributed by atoms with van der Waals surface area (Å²) in [6, 6.07) is 17.8. The zero-order valence-corrected chi connectivity index (χ0v) is 11.3. The number of aliphatic hydroxyl groups excluding tert-OH is 2. The number of benzene rings is 2. The van der Waals surface area contributed by atoms with E-state index in [1.807, 2.05) is 42.5 Å². The lowest BCUT2D eigenvalue weighted by Crippen LogP contribution is -2.19. The maximum absolute atomic E-state index is 9.84. The molecule has 0 spiro atoms. The molecular formula is C16H17ClO2. The maximum Gasteiger partial charge on any atom is 0.106 e. The van der Waals surface area contributed by atoms with Gasteiger partial charge in [-0.25, -0.2) is 0 Å². The molecule has 0 amide bonds. The summed E-state index contributed by atoms with van der Waals surface area (Å²) in [5, 5.41) is 19.3. The fourth-order valence-corrected chi connectivity index (χ4v) is 2.14. The average molecular weight is 277 g/mol. The summed E-state index contributed by atoms with van der Waals surface area (Å²) in [5.41, 5.74) is 3.10. The molecule has 19 heavy (non-hydrogen) atoms. The molecule has 0 saturated heterocycles. The van der Waals surface area contributed by atoms with E-state index in [9.17, 15) is 10.2 Å². The highest BCUT2D eigenvalue weighted by Gasteiger charge is 2.16. The summed E-state index contributed by atoms with van der Waals surface area (Å²) in [6.45, 7) is 0. The highest BCUT2D eigenvalue weighted by atomic mass is 35.5. The molecule has 0 saturated carbocycles. The van der Waals surface area contributed by atoms with Crippen molar-refractivity contribution in [3.05, 3.63) is 71.3 Å². The van der Waals surface area contributed by atoms with Crippen molar-refractivity contribution >= 4 is 11.6 Å². The molecule has 0 aliphatic carbocycles. The standard InChI is InChI=1S/C16H17ClO2/c17-11-15(18)16(19)14-8-6-13(7-9-14)10-12-4-2-1-3-5-12/h1-9,15-16,18-19H,10-11H2. The molecular weight excluding hydrogens is 260 g/mol. The fraction of sp³-hybridized carbons (Fsp3) is 0.250. The van der Waals surface area contributed by atoms with Crippen LogP contribution in [-0.4, -0.2) is 22.2 Å². The van der Waals surface area contributed by atoms with Crippen LogP contribution in [-0.2, 0) is 6.42 Å². The van der Waals surface area contributed by atoms with Crippen LogP contribution >= 0.6 is 11.6 Å². The van der Waals surface area contributed by atoms with Crippen LogP contribution in [0.15, 0.2) is 54.6 Å². The first-order valence-corrected chi connectivity index (χ1v) is 6.79. The van der Waals surface area contributed by atoms with Crippen molar-refractivity contribution in [2.24, 2.45) is 0 Å². The summed E-state index contributed by atoms with van der Waals surface area (Å²) in [6.07, 6.45) is -1.00. The summed E-state index contributed by atoms with van der Waals surface area (Å²) in [7, 11) is 0. The van der Waals surface area contributed by atoms with E-state index >= 15 is 0 Å². The van der Waals surface area contributed by atoms with Crippen molar-refractivity contribution in [2.45, 2.75) is 18.6 Å². The minimum Gasteiger partial charge on any atom is -0.389 e. The first-order chi connectivity index (χ1) is 9.20. The van der Waals surface area contributed by atoms with E-state index in [-0.39, 0.29) is 5.88 Å². The van der Waals surface area contributed by atoms with Crippen LogP contribution in [0.5, 0.6) is 0 Å². The molecule has 2 unspecified atom stereocenters. The summed E-state index contributed by atoms with van der Waals surface area (Å²) < 4.78 is 0. The lowest BCUT2D eigenvalue weighted by atomic mass is 10.00. The van der Waals surface area contributed by atoms with Crippen LogP contribution in [0, 0.1) is 0 Å². The molecule has 0 radical (unpaired) electrons. The van der Waals surface area contributed by atoms with Crippen LogP contribution in [0.2, 0.25) is 0 Å². The van der Waals surface area contributed by atoms with Crippen molar-refractivity contribution in [2.75, 3.05) is 5.88 Å². The number of halogens is 1. The third-order valence-electron chi connectivity index (χ3n) is 3.09. The summed E-state index contributed by atoms with van der Waals surface area (Å²) in [5.74, 6) is 0.0208. The third kappa shape index (κ3) is 3.80. The van der Waals surface area contributed by atoms with E-state index in [0.29, 0.717) is 5.56 Å². The second-order valence-corrected chi connectivity index (χ2v) is 4.88. The van der Waals surface area contributed by atoms with E-state index in [2.05, 4.69) is 12.1 Å². The Labute approximate surface area is 118 Å². The molecule has 3 heteroatoms. The van der Waals surface area contributed by atoms with Gasteiger partial charge in [-0.15, -0.1) is 11.6 Å². The molecule has 2 aromatic rings. The Bertz CT molecular complexity index is 496. The molecule has 0 aliphatic heterocycles. The Morgan fingerprint density at radius 2 is 1.42 bits per heavy atom. The van der Waals surface area contributed by atoms with Gasteiger partial charge in [-0.1, -0.05) is 54.6 Å². The van der Waals surface area contributed by atoms with Crippen molar-refractivity contribution < 1.29 is 10.2 Å². The van der Waals surface area contributed by atoms with E-state index in [4.69, 9.17) is 11.6 Å². The van der Waals surface area contributed by atoms with Crippen molar-refractivity contribution in [1.29, 1.82) is 0 Å². The molecule has 0 heterocycles. The van der Waals surface area contributed by atoms with Gasteiger partial charge in [0.25, 0.3) is 0 Å². The smallest absolute Gasteiger partial charge is 0.106 e. The van der Waals surface area contributed by atoms with Crippen LogP contribution in [0.4, 0.5) is 0 Å². The van der Waals surface area contributed by atoms with Crippen molar-refractivity contribution in [3.8, 4) is 0 Å². The van der Waals surface area contributed by atoms with Crippen LogP contribution in [0.25, 0.3) is 0 Å². The molecule has 0 bridgehead atoms. The zero-order chi connectivity index (χ0) is 13.7. The SMILES string of the molecule is OC(CCl)C(O)c1ccc(Cc2ccccc2)cc1. The lowest BCUT2D eigenvalue weighted by Gasteiger charge is -2.16. The minimum absolute atomic E-state index is 0.0208. The van der Waals surface area contributed by atoms with Gasteiger partial charge in [0.15, 0.2) is 0 Å². The highest BCUT2D eigenvalue weighted by Crippen LogP contribution is 2.19. The predicted molar refractivity (Wildman–Crippen MR) is 77.4 cm³/mol. The van der Waals surface area contributed by atoms with E-state index in [1.54, 1.807) is 0 Å². The van der Waals surface area contributed by atoms with Crippen molar-refractivity contribution in [1.82, 2.24) is 0 Å². The van der Waals surface area contributed by atoms with Crippen LogP contribution in [0.3, 0.4) is 0 Å². The summed E-state index contributed by atoms with van der Waals surface area (Å²) in [4.78, 5) is 0. The Kier molecular flexibility index (Phi) is 4.97. The molecule has 0 aromatic heterocycles. The quantitative estimate of drug-likeness (QED) is 0.825. The monoisotopic (exact) mass is 276 g/mol. The van der Waals surface area contributed by atoms with Gasteiger partial charge < -0.3 is 10.2 Å². The number of hydrogen-bond donors (Lipinski definition) is 2. The lowest BCUT2D eigenvalue weighted by molar-refractivity contribution is 0.0327. The first-order valence-electron chi connectivity index (χ1n) is 6.25. The van der Waals surface area contributed by atoms with Crippen LogP contribution < -0.4 is 0 Å². The van der Waals surface area contributed by atoms with Crippen molar-refractivity contribution in [3.63, 3.8) is 0 Å². The van der Waals surface area contributed by atoms with E-state index in [0.717, 1.165) is 6.42 Å². The van der Waals surface area contributed by atoms with Gasteiger partial charge in [0.1, 0.15) is 6.10 Å². The number of alkyl halides is 1. The molecule has 2 atom stereocenters. The largest absolute Gasteiger partial charge is 0.389 e. The highest BCUT2D eigenvalue weighted by molar-refractivity contribution is 6.18. The molecule has 2 N–H and O–H groups in total. The maximum atomic E-state index is 9.84. The molecule has 0 fully saturated rings. The third-order valence-corrected chi connectivity index (χ3v) is 3.41. The molecule has 2 aromatic carbocycles. The van der Waals surface area contributed by atoms with E-state index in [1.165, 1.54) is 11.1 Å². The molecule has 0 aliphatic rings. The normalized spacial score (nSPS) is 14.1. The van der Waals surface area contributed by atoms with Crippen LogP contribution in [0.1, 0.15) is 22.8 Å². The summed E-state index contributed by atoms with van der Waals surface area (Å²) >= 11 is 5.53. The Balaban J connectivity index is 2.06. The Morgan fingerprint density at radius 3 is 2.00 bits per heavy atom. The molecule has 100 valence electrons. The number of rotatable bonds is 5. The van der Waals surface area contributed by atoms with Gasteiger partial charge in [0, 0.05) is 0 Å². The number of aliphatic hydroxyl groups is 2. The second-order valence-electron chi connectivity index (χ2n) is 4.57. The van der Waals surface area contributed by atoms with Gasteiger partial charge in [0.05, 0.1) is 12.0 Å². The van der Waals surface area contributed by atoms with Gasteiger partial charge in [0.2, 0.25) is 0 Å². The fourth-order valence-electron chi connectivity index (χ4n) is 1.97. The molecule has 2 rings (SSSR count). The second kappa shape index (κ2) is 6.71. The van der Waals surface area contributed by atoms with Gasteiger partial charge in [-0.2, -0.15) is 0 Å². The van der Waals surface area contributed by atoms with Gasteiger partial charge in [-0.05, 0) is 23.1 Å². The molecule has 2 nitrogen and oxygen atoms in total. The Hall–Kier alpha value is -1.35. The first kappa shape index (κ1) is 14.1. The minimum atomic E-state index is -0.929. The Morgan fingerprint density at radius 1 is 0.842 bits per heavy atom. The average Bonchev–Trinajstić information content (AvgIpc) is 2.47.